The van der Waals surface area contributed by atoms with Crippen LogP contribution < -0.4 is 0 Å². The summed E-state index contributed by atoms with van der Waals surface area (Å²) in [6.45, 7) is 1.31. The van der Waals surface area contributed by atoms with Crippen molar-refractivity contribution in [2.75, 3.05) is 0 Å². The molecule has 0 aliphatic rings. The molecule has 0 saturated carbocycles. The van der Waals surface area contributed by atoms with Gasteiger partial charge in [-0.25, -0.2) is 0 Å². The minimum atomic E-state index is -1.50. The maximum Gasteiger partial charge on any atom is 0.124 e. The fourth-order valence-corrected chi connectivity index (χ4v) is 0. The van der Waals surface area contributed by atoms with Gasteiger partial charge in [0.05, 0.1) is 0 Å². The maximum absolute atomic E-state index is 6.70. The Labute approximate surface area is 31.0 Å². The predicted molar refractivity (Wildman–Crippen MR) is 19.1 cm³/mol. The van der Waals surface area contributed by atoms with E-state index in [0.29, 0.717) is 0 Å². The van der Waals surface area contributed by atoms with Gasteiger partial charge in [-0.3, -0.25) is 0 Å². The van der Waals surface area contributed by atoms with Crippen molar-refractivity contribution in [1.29, 1.82) is 0 Å². The SMILES string of the molecule is [3H]C#CC([3H])([3H])C. The Balaban J connectivity index is 3.72. The summed E-state index contributed by atoms with van der Waals surface area (Å²) in [6.07, 6.45) is 0.234. The second-order valence-electron chi connectivity index (χ2n) is 0.375. The second-order valence-corrected chi connectivity index (χ2v) is 0.375. The van der Waals surface area contributed by atoms with E-state index in [1.165, 1.54) is 6.92 Å². The van der Waals surface area contributed by atoms with Crippen molar-refractivity contribution in [3.8, 4) is 12.3 Å². The van der Waals surface area contributed by atoms with Crippen LogP contribution in [0, 0.1) is 12.3 Å². The molecule has 0 aromatic heterocycles. The topological polar surface area (TPSA) is 0 Å². The molecule has 0 spiro atoms. The molecule has 0 unspecified atom stereocenters. The Bertz CT molecular complexity index is 100. The molecule has 4 heavy (non-hydrogen) atoms. The lowest BCUT2D eigenvalue weighted by Crippen LogP contribution is -1.38. The van der Waals surface area contributed by atoms with Crippen molar-refractivity contribution >= 4 is 0 Å². The van der Waals surface area contributed by atoms with Crippen molar-refractivity contribution in [3.05, 3.63) is 0 Å². The summed E-state index contributed by atoms with van der Waals surface area (Å²) in [5.74, 6) is 2.03. The van der Waals surface area contributed by atoms with Crippen molar-refractivity contribution in [3.63, 3.8) is 0 Å². The molecule has 0 radical (unpaired) electrons. The van der Waals surface area contributed by atoms with Gasteiger partial charge in [0.2, 0.25) is 0 Å². The summed E-state index contributed by atoms with van der Waals surface area (Å²) in [4.78, 5) is 0. The summed E-state index contributed by atoms with van der Waals surface area (Å²) >= 11 is 0. The Morgan fingerprint density at radius 3 is 3.50 bits per heavy atom. The third-order valence-electron chi connectivity index (χ3n) is 0.125. The molecule has 0 fully saturated rings. The summed E-state index contributed by atoms with van der Waals surface area (Å²) in [7, 11) is 0. The van der Waals surface area contributed by atoms with Crippen molar-refractivity contribution < 1.29 is 4.11 Å². The molecule has 0 aliphatic heterocycles. The van der Waals surface area contributed by atoms with Crippen LogP contribution in [0.3, 0.4) is 0 Å². The Kier molecular flexibility index (Phi) is 0.483. The molecule has 0 aliphatic carbocycles. The lowest BCUT2D eigenvalue weighted by molar-refractivity contribution is 1.28. The first-order valence-electron chi connectivity index (χ1n) is 2.50. The van der Waals surface area contributed by atoms with Crippen molar-refractivity contribution in [2.45, 2.75) is 13.3 Å². The summed E-state index contributed by atoms with van der Waals surface area (Å²) < 4.78 is 19.7. The first kappa shape index (κ1) is 0.755. The normalized spacial score (nSPS) is 17.8. The standard InChI is InChI=1S/C4H6/c1-3-4-2/h1H,4H2,2H3/i1T,4T2. The van der Waals surface area contributed by atoms with Crippen LogP contribution in [0.2, 0.25) is 0 Å². The van der Waals surface area contributed by atoms with Crippen LogP contribution in [0.4, 0.5) is 0 Å². The zero-order valence-electron chi connectivity index (χ0n) is 5.50. The first-order valence-corrected chi connectivity index (χ1v) is 1.00. The molecule has 22 valence electrons. The number of hydrogen-bond donors (Lipinski definition) is 0. The molecular weight excluding hydrogens is 48.0 g/mol. The Hall–Kier alpha value is -0.440. The minimum Gasteiger partial charge on any atom is -0.120 e. The highest BCUT2D eigenvalue weighted by Gasteiger charge is 1.43. The zero-order valence-corrected chi connectivity index (χ0v) is 2.50. The zero-order chi connectivity index (χ0) is 5.91. The number of rotatable bonds is 0. The van der Waals surface area contributed by atoms with Crippen molar-refractivity contribution in [2.24, 2.45) is 0 Å². The third-order valence-corrected chi connectivity index (χ3v) is 0.125. The van der Waals surface area contributed by atoms with E-state index in [1.807, 2.05) is 5.92 Å². The van der Waals surface area contributed by atoms with Gasteiger partial charge in [0.15, 0.2) is 0 Å². The molecule has 0 N–H and O–H groups in total. The molecule has 0 aromatic carbocycles. The molecular formula is C4H6. The Morgan fingerprint density at radius 1 is 2.75 bits per heavy atom. The van der Waals surface area contributed by atoms with E-state index in [4.69, 9.17) is 4.11 Å². The fraction of sp³-hybridized carbons (Fsp3) is 0.500. The van der Waals surface area contributed by atoms with Crippen LogP contribution in [0.25, 0.3) is 0 Å². The molecule has 0 rings (SSSR count). The lowest BCUT2D eigenvalue weighted by atomic mass is 10.5. The van der Waals surface area contributed by atoms with Crippen LogP contribution in [0.5, 0.6) is 0 Å². The molecule has 0 aromatic rings. The molecule has 0 saturated heterocycles. The average Bonchev–Trinajstić information content (AvgIpc) is 1.30. The van der Waals surface area contributed by atoms with Gasteiger partial charge in [-0.2, -0.15) is 0 Å². The monoisotopic (exact) mass is 60.1 g/mol. The Morgan fingerprint density at radius 2 is 3.50 bits per heavy atom. The van der Waals surface area contributed by atoms with Crippen LogP contribution >= 0.6 is 0 Å². The molecule has 0 heteroatoms. The number of hydrogen-bond acceptors (Lipinski definition) is 0. The van der Waals surface area contributed by atoms with Crippen molar-refractivity contribution in [1.82, 2.24) is 0 Å². The summed E-state index contributed by atoms with van der Waals surface area (Å²) in [6, 6.07) is 0. The van der Waals surface area contributed by atoms with E-state index in [-0.39, 0.29) is 0 Å². The van der Waals surface area contributed by atoms with E-state index in [9.17, 15) is 0 Å². The molecule has 0 amide bonds. The van der Waals surface area contributed by atoms with E-state index < -0.39 is 6.37 Å². The largest absolute Gasteiger partial charge is 0.124 e. The van der Waals surface area contributed by atoms with E-state index in [2.05, 4.69) is 0 Å². The number of terminal acetylenes is 1. The van der Waals surface area contributed by atoms with E-state index in [1.54, 1.807) is 6.40 Å². The quantitative estimate of drug-likeness (QED) is 0.366. The average molecular weight is 60.1 g/mol. The molecule has 0 heterocycles. The summed E-state index contributed by atoms with van der Waals surface area (Å²) in [5.41, 5.74) is 0. The molecule has 0 nitrogen and oxygen atoms in total. The van der Waals surface area contributed by atoms with Crippen LogP contribution in [-0.4, -0.2) is 0 Å². The van der Waals surface area contributed by atoms with Gasteiger partial charge in [0.1, 0.15) is 1.37 Å². The van der Waals surface area contributed by atoms with Gasteiger partial charge in [0.25, 0.3) is 0 Å². The highest BCUT2D eigenvalue weighted by atomic mass is 13.5. The summed E-state index contributed by atoms with van der Waals surface area (Å²) in [5, 5.41) is 0. The van der Waals surface area contributed by atoms with Gasteiger partial charge >= 0.3 is 0 Å². The fourth-order valence-electron chi connectivity index (χ4n) is 0. The highest BCUT2D eigenvalue weighted by molar-refractivity contribution is 4.80. The predicted octanol–water partition coefficient (Wildman–Crippen LogP) is 1.03. The second kappa shape index (κ2) is 2.56. The van der Waals surface area contributed by atoms with Crippen LogP contribution in [0.1, 0.15) is 17.4 Å². The van der Waals surface area contributed by atoms with Gasteiger partial charge < -0.3 is 0 Å². The molecule has 0 atom stereocenters. The van der Waals surface area contributed by atoms with E-state index in [0.717, 1.165) is 0 Å². The maximum atomic E-state index is 6.70. The first-order chi connectivity index (χ1) is 3.06. The van der Waals surface area contributed by atoms with Gasteiger partial charge in [-0.1, -0.05) is 6.92 Å². The third kappa shape index (κ3) is 1.56. The molecule has 0 bridgehead atoms. The van der Waals surface area contributed by atoms with Crippen LogP contribution in [-0.2, 0) is 0 Å². The van der Waals surface area contributed by atoms with Gasteiger partial charge in [0, 0.05) is 9.11 Å². The smallest absolute Gasteiger partial charge is 0.120 e. The van der Waals surface area contributed by atoms with E-state index >= 15 is 0 Å². The lowest BCUT2D eigenvalue weighted by Gasteiger charge is -1.52. The van der Waals surface area contributed by atoms with Crippen LogP contribution in [0.15, 0.2) is 0 Å². The van der Waals surface area contributed by atoms with Gasteiger partial charge in [-0.15, -0.1) is 12.3 Å². The minimum absolute atomic E-state index is 1.31. The van der Waals surface area contributed by atoms with Gasteiger partial charge in [-0.05, 0) is 0 Å². The highest BCUT2D eigenvalue weighted by Crippen LogP contribution is 1.58.